The highest BCUT2D eigenvalue weighted by molar-refractivity contribution is 5.30. The number of benzene rings is 1. The van der Waals surface area contributed by atoms with Gasteiger partial charge >= 0.3 is 0 Å². The van der Waals surface area contributed by atoms with Crippen LogP contribution in [-0.2, 0) is 13.5 Å². The monoisotopic (exact) mass is 251 g/mol. The molecule has 2 rings (SSSR count). The van der Waals surface area contributed by atoms with Gasteiger partial charge in [-0.25, -0.2) is 4.39 Å². The van der Waals surface area contributed by atoms with Crippen molar-refractivity contribution in [3.63, 3.8) is 0 Å². The van der Waals surface area contributed by atoms with Crippen molar-refractivity contribution in [1.29, 1.82) is 0 Å². The molecular formula is C12H14FN3O2. The maximum Gasteiger partial charge on any atom is 0.165 e. The third-order valence-electron chi connectivity index (χ3n) is 2.61. The molecule has 0 fully saturated rings. The summed E-state index contributed by atoms with van der Waals surface area (Å²) in [6, 6.07) is 4.59. The Hall–Kier alpha value is -1.95. The lowest BCUT2D eigenvalue weighted by Gasteiger charge is -2.08. The van der Waals surface area contributed by atoms with Crippen molar-refractivity contribution >= 4 is 0 Å². The van der Waals surface area contributed by atoms with Gasteiger partial charge in [-0.15, -0.1) is 5.10 Å². The smallest absolute Gasteiger partial charge is 0.165 e. The second kappa shape index (κ2) is 5.14. The number of aliphatic hydroxyl groups is 1. The summed E-state index contributed by atoms with van der Waals surface area (Å²) in [5, 5.41) is 17.5. The van der Waals surface area contributed by atoms with Crippen LogP contribution in [-0.4, -0.2) is 27.2 Å². The van der Waals surface area contributed by atoms with E-state index in [0.29, 0.717) is 11.3 Å². The van der Waals surface area contributed by atoms with Gasteiger partial charge in [0.25, 0.3) is 0 Å². The molecule has 0 aliphatic heterocycles. The van der Waals surface area contributed by atoms with Crippen molar-refractivity contribution in [2.75, 3.05) is 7.11 Å². The Kier molecular flexibility index (Phi) is 3.57. The van der Waals surface area contributed by atoms with Crippen LogP contribution >= 0.6 is 0 Å². The van der Waals surface area contributed by atoms with Crippen LogP contribution in [0.3, 0.4) is 0 Å². The van der Waals surface area contributed by atoms with Crippen LogP contribution < -0.4 is 4.74 Å². The van der Waals surface area contributed by atoms with Crippen molar-refractivity contribution in [2.45, 2.75) is 12.5 Å². The Labute approximate surface area is 104 Å². The first-order valence-electron chi connectivity index (χ1n) is 5.47. The lowest BCUT2D eigenvalue weighted by molar-refractivity contribution is 0.173. The molecule has 0 spiro atoms. The Morgan fingerprint density at radius 2 is 2.28 bits per heavy atom. The largest absolute Gasteiger partial charge is 0.494 e. The van der Waals surface area contributed by atoms with Crippen molar-refractivity contribution in [1.82, 2.24) is 15.0 Å². The van der Waals surface area contributed by atoms with E-state index in [1.165, 1.54) is 23.9 Å². The Bertz CT molecular complexity index is 542. The van der Waals surface area contributed by atoms with Gasteiger partial charge in [-0.05, 0) is 17.7 Å². The minimum atomic E-state index is -0.800. The average molecular weight is 251 g/mol. The Balaban J connectivity index is 2.12. The third kappa shape index (κ3) is 2.65. The Morgan fingerprint density at radius 1 is 1.50 bits per heavy atom. The van der Waals surface area contributed by atoms with Gasteiger partial charge < -0.3 is 9.84 Å². The Morgan fingerprint density at radius 3 is 2.83 bits per heavy atom. The topological polar surface area (TPSA) is 60.2 Å². The van der Waals surface area contributed by atoms with Gasteiger partial charge in [-0.1, -0.05) is 11.3 Å². The summed E-state index contributed by atoms with van der Waals surface area (Å²) >= 11 is 0. The molecule has 1 aromatic carbocycles. The molecule has 0 radical (unpaired) electrons. The molecule has 1 heterocycles. The molecule has 0 bridgehead atoms. The molecule has 6 heteroatoms. The molecule has 0 amide bonds. The minimum Gasteiger partial charge on any atom is -0.494 e. The highest BCUT2D eigenvalue weighted by Gasteiger charge is 2.13. The number of nitrogens with zero attached hydrogens (tertiary/aromatic N) is 3. The molecule has 5 nitrogen and oxygen atoms in total. The molecule has 1 unspecified atom stereocenters. The minimum absolute atomic E-state index is 0.188. The fraction of sp³-hybridized carbons (Fsp3) is 0.333. The maximum atomic E-state index is 13.5. The molecule has 2 aromatic rings. The molecular weight excluding hydrogens is 237 g/mol. The molecule has 1 atom stereocenters. The SMILES string of the molecule is COc1ccc(CC(O)c2cn(C)nn2)cc1F. The highest BCUT2D eigenvalue weighted by Crippen LogP contribution is 2.21. The van der Waals surface area contributed by atoms with Crippen LogP contribution in [0.1, 0.15) is 17.4 Å². The zero-order valence-electron chi connectivity index (χ0n) is 10.2. The first-order valence-corrected chi connectivity index (χ1v) is 5.47. The summed E-state index contributed by atoms with van der Waals surface area (Å²) < 4.78 is 19.8. The van der Waals surface area contributed by atoms with Gasteiger partial charge in [0.05, 0.1) is 13.3 Å². The zero-order valence-corrected chi connectivity index (χ0v) is 10.2. The number of hydrogen-bond donors (Lipinski definition) is 1. The van der Waals surface area contributed by atoms with E-state index in [4.69, 9.17) is 4.74 Å². The number of aromatic nitrogens is 3. The van der Waals surface area contributed by atoms with Gasteiger partial charge in [0, 0.05) is 13.5 Å². The molecule has 0 aliphatic carbocycles. The van der Waals surface area contributed by atoms with Crippen molar-refractivity contribution in [3.05, 3.63) is 41.5 Å². The fourth-order valence-electron chi connectivity index (χ4n) is 1.68. The number of rotatable bonds is 4. The standard InChI is InChI=1S/C12H14FN3O2/c1-16-7-10(14-15-16)11(17)6-8-3-4-12(18-2)9(13)5-8/h3-5,7,11,17H,6H2,1-2H3. The molecule has 18 heavy (non-hydrogen) atoms. The maximum absolute atomic E-state index is 13.5. The van der Waals surface area contributed by atoms with Crippen molar-refractivity contribution in [3.8, 4) is 5.75 Å². The lowest BCUT2D eigenvalue weighted by Crippen LogP contribution is -2.03. The zero-order chi connectivity index (χ0) is 13.1. The number of aliphatic hydroxyl groups excluding tert-OH is 1. The van der Waals surface area contributed by atoms with Gasteiger partial charge in [-0.2, -0.15) is 0 Å². The van der Waals surface area contributed by atoms with Crippen molar-refractivity contribution < 1.29 is 14.2 Å². The normalized spacial score (nSPS) is 12.4. The van der Waals surface area contributed by atoms with E-state index in [9.17, 15) is 9.50 Å². The first kappa shape index (κ1) is 12.5. The van der Waals surface area contributed by atoms with E-state index in [1.807, 2.05) is 0 Å². The number of hydrogen-bond acceptors (Lipinski definition) is 4. The lowest BCUT2D eigenvalue weighted by atomic mass is 10.1. The molecule has 0 aliphatic rings. The molecule has 0 saturated carbocycles. The predicted octanol–water partition coefficient (Wildman–Crippen LogP) is 1.24. The summed E-state index contributed by atoms with van der Waals surface area (Å²) in [7, 11) is 3.13. The second-order valence-electron chi connectivity index (χ2n) is 4.01. The molecule has 96 valence electrons. The summed E-state index contributed by atoms with van der Waals surface area (Å²) in [6.45, 7) is 0. The average Bonchev–Trinajstić information content (AvgIpc) is 2.76. The van der Waals surface area contributed by atoms with Crippen LogP contribution in [0.2, 0.25) is 0 Å². The highest BCUT2D eigenvalue weighted by atomic mass is 19.1. The van der Waals surface area contributed by atoms with Crippen LogP contribution in [0, 0.1) is 5.82 Å². The van der Waals surface area contributed by atoms with E-state index in [1.54, 1.807) is 19.3 Å². The molecule has 1 N–H and O–H groups in total. The summed E-state index contributed by atoms with van der Waals surface area (Å²) in [4.78, 5) is 0. The molecule has 0 saturated heterocycles. The van der Waals surface area contributed by atoms with Crippen molar-refractivity contribution in [2.24, 2.45) is 7.05 Å². The first-order chi connectivity index (χ1) is 8.60. The summed E-state index contributed by atoms with van der Waals surface area (Å²) in [5.74, 6) is -0.255. The second-order valence-corrected chi connectivity index (χ2v) is 4.01. The number of aryl methyl sites for hydroxylation is 1. The number of methoxy groups -OCH3 is 1. The molecule has 1 aromatic heterocycles. The van der Waals surface area contributed by atoms with E-state index in [0.717, 1.165) is 0 Å². The van der Waals surface area contributed by atoms with E-state index < -0.39 is 11.9 Å². The van der Waals surface area contributed by atoms with Gasteiger partial charge in [0.2, 0.25) is 0 Å². The van der Waals surface area contributed by atoms with Crippen LogP contribution in [0.5, 0.6) is 5.75 Å². The van der Waals surface area contributed by atoms with Crippen LogP contribution in [0.15, 0.2) is 24.4 Å². The van der Waals surface area contributed by atoms with Crippen LogP contribution in [0.4, 0.5) is 4.39 Å². The van der Waals surface area contributed by atoms with Gasteiger partial charge in [0.1, 0.15) is 11.8 Å². The summed E-state index contributed by atoms with van der Waals surface area (Å²) in [6.07, 6.45) is 1.11. The van der Waals surface area contributed by atoms with E-state index in [-0.39, 0.29) is 12.2 Å². The summed E-state index contributed by atoms with van der Waals surface area (Å²) in [5.41, 5.74) is 1.14. The predicted molar refractivity (Wildman–Crippen MR) is 62.6 cm³/mol. The van der Waals surface area contributed by atoms with E-state index in [2.05, 4.69) is 10.3 Å². The van der Waals surface area contributed by atoms with Gasteiger partial charge in [0.15, 0.2) is 11.6 Å². The fourth-order valence-corrected chi connectivity index (χ4v) is 1.68. The van der Waals surface area contributed by atoms with Crippen LogP contribution in [0.25, 0.3) is 0 Å². The third-order valence-corrected chi connectivity index (χ3v) is 2.61. The number of ether oxygens (including phenoxy) is 1. The van der Waals surface area contributed by atoms with Gasteiger partial charge in [-0.3, -0.25) is 4.68 Å². The quantitative estimate of drug-likeness (QED) is 0.888. The number of halogens is 1. The van der Waals surface area contributed by atoms with E-state index >= 15 is 0 Å².